The Balaban J connectivity index is 0.000000167. The minimum Gasteiger partial charge on any atom is -0.449 e. The lowest BCUT2D eigenvalue weighted by Gasteiger charge is -2.24. The number of carbonyl (C=O) groups excluding carboxylic acids is 3. The van der Waals surface area contributed by atoms with Crippen LogP contribution in [0.5, 0.6) is 0 Å². The molecule has 3 rings (SSSR count). The van der Waals surface area contributed by atoms with Crippen molar-refractivity contribution in [3.63, 3.8) is 0 Å². The summed E-state index contributed by atoms with van der Waals surface area (Å²) >= 11 is 0. The molecule has 3 heterocycles. The van der Waals surface area contributed by atoms with Gasteiger partial charge >= 0.3 is 6.09 Å². The van der Waals surface area contributed by atoms with E-state index in [4.69, 9.17) is 0 Å². The Kier molecular flexibility index (Phi) is 7.70. The van der Waals surface area contributed by atoms with Gasteiger partial charge in [0.1, 0.15) is 0 Å². The fourth-order valence-corrected chi connectivity index (χ4v) is 2.03. The number of carbonyl (C=O) groups is 3. The molecule has 3 aliphatic rings. The number of hydrogen-bond donors (Lipinski definition) is 0. The van der Waals surface area contributed by atoms with E-state index in [2.05, 4.69) is 4.74 Å². The standard InChI is InChI=1S/C6H11NO.C5H9NO2.C4H7NO/c1-7-5-3-2-4-6(7)8;1-6-3-2-4-8-5(6)7;1-5-3-2-4(5)6/h2-5H2,1H3;2-4H2,1H3;2-3H2,1H3. The Labute approximate surface area is 132 Å². The average Bonchev–Trinajstić information content (AvgIpc) is 2.52. The van der Waals surface area contributed by atoms with Gasteiger partial charge in [0, 0.05) is 53.6 Å². The molecule has 3 fully saturated rings. The lowest BCUT2D eigenvalue weighted by atomic mass is 10.1. The van der Waals surface area contributed by atoms with Gasteiger partial charge < -0.3 is 19.4 Å². The van der Waals surface area contributed by atoms with Crippen molar-refractivity contribution in [1.29, 1.82) is 0 Å². The second kappa shape index (κ2) is 9.27. The van der Waals surface area contributed by atoms with Crippen LogP contribution in [-0.2, 0) is 14.3 Å². The van der Waals surface area contributed by atoms with E-state index in [-0.39, 0.29) is 12.0 Å². The Morgan fingerprint density at radius 1 is 0.727 bits per heavy atom. The summed E-state index contributed by atoms with van der Waals surface area (Å²) in [5, 5.41) is 0. The van der Waals surface area contributed by atoms with Crippen molar-refractivity contribution in [1.82, 2.24) is 14.7 Å². The average molecular weight is 313 g/mol. The van der Waals surface area contributed by atoms with Gasteiger partial charge in [0.05, 0.1) is 6.61 Å². The molecule has 126 valence electrons. The van der Waals surface area contributed by atoms with Crippen molar-refractivity contribution < 1.29 is 19.1 Å². The van der Waals surface area contributed by atoms with Gasteiger partial charge in [-0.05, 0) is 19.3 Å². The molecule has 22 heavy (non-hydrogen) atoms. The number of ether oxygens (including phenoxy) is 1. The van der Waals surface area contributed by atoms with Crippen LogP contribution in [0.2, 0.25) is 0 Å². The van der Waals surface area contributed by atoms with Crippen LogP contribution >= 0.6 is 0 Å². The molecule has 7 nitrogen and oxygen atoms in total. The molecule has 3 aliphatic heterocycles. The molecule has 0 aromatic rings. The predicted molar refractivity (Wildman–Crippen MR) is 82.3 cm³/mol. The summed E-state index contributed by atoms with van der Waals surface area (Å²) in [5.41, 5.74) is 0. The predicted octanol–water partition coefficient (Wildman–Crippen LogP) is 0.936. The van der Waals surface area contributed by atoms with Crippen molar-refractivity contribution in [3.8, 4) is 0 Å². The molecule has 3 saturated heterocycles. The smallest absolute Gasteiger partial charge is 0.409 e. The topological polar surface area (TPSA) is 70.2 Å². The largest absolute Gasteiger partial charge is 0.449 e. The van der Waals surface area contributed by atoms with Crippen LogP contribution in [0.15, 0.2) is 0 Å². The Hall–Kier alpha value is -1.79. The minimum absolute atomic E-state index is 0.198. The van der Waals surface area contributed by atoms with Crippen LogP contribution in [0.1, 0.15) is 32.1 Å². The van der Waals surface area contributed by atoms with E-state index in [0.29, 0.717) is 12.5 Å². The van der Waals surface area contributed by atoms with E-state index in [9.17, 15) is 14.4 Å². The zero-order valence-corrected chi connectivity index (χ0v) is 13.8. The second-order valence-electron chi connectivity index (χ2n) is 5.73. The lowest BCUT2D eigenvalue weighted by Crippen LogP contribution is -2.39. The van der Waals surface area contributed by atoms with Crippen LogP contribution in [0.4, 0.5) is 4.79 Å². The molecule has 0 aromatic carbocycles. The molecule has 0 N–H and O–H groups in total. The molecule has 0 aromatic heterocycles. The molecule has 0 aliphatic carbocycles. The van der Waals surface area contributed by atoms with Crippen molar-refractivity contribution in [2.45, 2.75) is 32.1 Å². The van der Waals surface area contributed by atoms with E-state index in [1.54, 1.807) is 21.7 Å². The SMILES string of the molecule is CN1CCC1=O.CN1CCCCC1=O.CN1CCCOC1=O. The quantitative estimate of drug-likeness (QED) is 0.624. The minimum atomic E-state index is -0.198. The number of nitrogens with zero attached hydrogens (tertiary/aromatic N) is 3. The van der Waals surface area contributed by atoms with Gasteiger partial charge in [-0.1, -0.05) is 0 Å². The third kappa shape index (κ3) is 6.32. The summed E-state index contributed by atoms with van der Waals surface area (Å²) in [4.78, 5) is 36.5. The third-order valence-electron chi connectivity index (χ3n) is 3.82. The van der Waals surface area contributed by atoms with Crippen LogP contribution < -0.4 is 0 Å². The van der Waals surface area contributed by atoms with E-state index in [1.807, 2.05) is 14.1 Å². The number of hydrogen-bond acceptors (Lipinski definition) is 4. The second-order valence-corrected chi connectivity index (χ2v) is 5.73. The monoisotopic (exact) mass is 313 g/mol. The fraction of sp³-hybridized carbons (Fsp3) is 0.800. The number of rotatable bonds is 0. The van der Waals surface area contributed by atoms with Crippen LogP contribution in [0.3, 0.4) is 0 Å². The van der Waals surface area contributed by atoms with Gasteiger partial charge in [0.15, 0.2) is 0 Å². The van der Waals surface area contributed by atoms with Crippen LogP contribution in [0.25, 0.3) is 0 Å². The molecule has 0 radical (unpaired) electrons. The molecule has 0 bridgehead atoms. The number of β-lactam (4-membered cyclic amide) rings is 1. The summed E-state index contributed by atoms with van der Waals surface area (Å²) in [7, 11) is 5.41. The lowest BCUT2D eigenvalue weighted by molar-refractivity contribution is -0.137. The maximum absolute atomic E-state index is 10.7. The normalized spacial score (nSPS) is 21.0. The summed E-state index contributed by atoms with van der Waals surface area (Å²) in [6.45, 7) is 3.33. The molecule has 0 spiro atoms. The zero-order valence-electron chi connectivity index (χ0n) is 13.8. The first-order chi connectivity index (χ1) is 10.4. The van der Waals surface area contributed by atoms with Gasteiger partial charge in [0.25, 0.3) is 0 Å². The highest BCUT2D eigenvalue weighted by Crippen LogP contribution is 2.06. The van der Waals surface area contributed by atoms with Crippen molar-refractivity contribution >= 4 is 17.9 Å². The first kappa shape index (κ1) is 18.3. The Morgan fingerprint density at radius 2 is 1.32 bits per heavy atom. The zero-order chi connectivity index (χ0) is 16.5. The number of amides is 3. The maximum atomic E-state index is 10.7. The summed E-state index contributed by atoms with van der Waals surface area (Å²) in [6, 6.07) is 0. The Bertz CT molecular complexity index is 374. The highest BCUT2D eigenvalue weighted by atomic mass is 16.6. The van der Waals surface area contributed by atoms with Gasteiger partial charge in [-0.15, -0.1) is 0 Å². The van der Waals surface area contributed by atoms with Crippen molar-refractivity contribution in [3.05, 3.63) is 0 Å². The highest BCUT2D eigenvalue weighted by Gasteiger charge is 2.17. The van der Waals surface area contributed by atoms with Gasteiger partial charge in [-0.25, -0.2) is 4.79 Å². The summed E-state index contributed by atoms with van der Waals surface area (Å²) in [5.74, 6) is 0.575. The Morgan fingerprint density at radius 3 is 1.59 bits per heavy atom. The number of cyclic esters (lactones) is 1. The number of piperidine rings is 1. The molecular formula is C15H27N3O4. The van der Waals surface area contributed by atoms with E-state index in [1.165, 1.54) is 6.42 Å². The summed E-state index contributed by atoms with van der Waals surface area (Å²) < 4.78 is 4.68. The van der Waals surface area contributed by atoms with Gasteiger partial charge in [0.2, 0.25) is 11.8 Å². The van der Waals surface area contributed by atoms with E-state index in [0.717, 1.165) is 45.3 Å². The first-order valence-electron chi connectivity index (χ1n) is 7.77. The van der Waals surface area contributed by atoms with Crippen LogP contribution in [-0.4, -0.2) is 80.0 Å². The fourth-order valence-electron chi connectivity index (χ4n) is 2.03. The molecular weight excluding hydrogens is 286 g/mol. The van der Waals surface area contributed by atoms with E-state index < -0.39 is 0 Å². The highest BCUT2D eigenvalue weighted by molar-refractivity contribution is 5.81. The van der Waals surface area contributed by atoms with Crippen LogP contribution in [0, 0.1) is 0 Å². The maximum Gasteiger partial charge on any atom is 0.409 e. The molecule has 7 heteroatoms. The van der Waals surface area contributed by atoms with Crippen molar-refractivity contribution in [2.75, 3.05) is 47.4 Å². The number of likely N-dealkylation sites (tertiary alicyclic amines) is 2. The molecule has 3 amide bonds. The van der Waals surface area contributed by atoms with Gasteiger partial charge in [-0.3, -0.25) is 9.59 Å². The molecule has 0 saturated carbocycles. The molecule has 0 atom stereocenters. The summed E-state index contributed by atoms with van der Waals surface area (Å²) in [6.07, 6.45) is 4.55. The molecule has 0 unspecified atom stereocenters. The van der Waals surface area contributed by atoms with E-state index >= 15 is 0 Å². The first-order valence-corrected chi connectivity index (χ1v) is 7.77. The van der Waals surface area contributed by atoms with Crippen molar-refractivity contribution in [2.24, 2.45) is 0 Å². The third-order valence-corrected chi connectivity index (χ3v) is 3.82. The van der Waals surface area contributed by atoms with Gasteiger partial charge in [-0.2, -0.15) is 0 Å².